The van der Waals surface area contributed by atoms with Crippen LogP contribution in [-0.4, -0.2) is 14.6 Å². The van der Waals surface area contributed by atoms with Crippen molar-refractivity contribution < 1.29 is 0 Å². The van der Waals surface area contributed by atoms with Crippen molar-refractivity contribution in [1.82, 2.24) is 14.6 Å². The van der Waals surface area contributed by atoms with E-state index in [4.69, 9.17) is 16.6 Å². The zero-order valence-corrected chi connectivity index (χ0v) is 14.6. The summed E-state index contributed by atoms with van der Waals surface area (Å²) < 4.78 is 1.37. The van der Waals surface area contributed by atoms with Crippen LogP contribution in [0.1, 0.15) is 23.8 Å². The second-order valence-electron chi connectivity index (χ2n) is 6.52. The molecule has 24 heavy (non-hydrogen) atoms. The molecule has 0 unspecified atom stereocenters. The van der Waals surface area contributed by atoms with E-state index in [1.807, 2.05) is 24.3 Å². The maximum atomic E-state index is 13.1. The molecular formula is C18H14ClN3OS. The average Bonchev–Trinajstić information content (AvgIpc) is 2.94. The van der Waals surface area contributed by atoms with E-state index in [-0.39, 0.29) is 5.56 Å². The number of fused-ring (bicyclic) bond motifs is 6. The van der Waals surface area contributed by atoms with Crippen LogP contribution in [0.5, 0.6) is 0 Å². The summed E-state index contributed by atoms with van der Waals surface area (Å²) in [5, 5.41) is 7.05. The average molecular weight is 356 g/mol. The maximum absolute atomic E-state index is 13.1. The van der Waals surface area contributed by atoms with Crippen LogP contribution in [-0.2, 0) is 12.8 Å². The third-order valence-electron chi connectivity index (χ3n) is 4.89. The molecule has 4 nitrogen and oxygen atoms in total. The second-order valence-corrected chi connectivity index (χ2v) is 7.96. The normalized spacial score (nSPS) is 17.7. The zero-order valence-electron chi connectivity index (χ0n) is 13.0. The molecule has 4 aromatic rings. The van der Waals surface area contributed by atoms with E-state index < -0.39 is 0 Å². The van der Waals surface area contributed by atoms with Crippen LogP contribution < -0.4 is 5.56 Å². The summed E-state index contributed by atoms with van der Waals surface area (Å²) in [5.74, 6) is 0.663. The van der Waals surface area contributed by atoms with E-state index in [2.05, 4.69) is 12.0 Å². The minimum atomic E-state index is -0.102. The molecule has 1 aliphatic carbocycles. The van der Waals surface area contributed by atoms with Gasteiger partial charge in [-0.3, -0.25) is 4.79 Å². The molecular weight excluding hydrogens is 342 g/mol. The van der Waals surface area contributed by atoms with Crippen molar-refractivity contribution in [2.45, 2.75) is 26.2 Å². The fourth-order valence-electron chi connectivity index (χ4n) is 3.65. The third kappa shape index (κ3) is 1.88. The first-order valence-electron chi connectivity index (χ1n) is 8.05. The standard InChI is InChI=1S/C18H14ClN3OS/c1-9-6-7-12-13(8-9)24-17-14(12)18(23)22-16(20-17)11-5-3-2-4-10(11)15(19)21-22/h2-5,9H,6-8H2,1H3/t9-/m1/s1. The van der Waals surface area contributed by atoms with Gasteiger partial charge in [0.1, 0.15) is 4.83 Å². The number of hydrogen-bond donors (Lipinski definition) is 0. The van der Waals surface area contributed by atoms with E-state index in [0.29, 0.717) is 16.7 Å². The van der Waals surface area contributed by atoms with Crippen molar-refractivity contribution in [2.24, 2.45) is 5.92 Å². The highest BCUT2D eigenvalue weighted by Gasteiger charge is 2.24. The Morgan fingerprint density at radius 2 is 2.08 bits per heavy atom. The van der Waals surface area contributed by atoms with Gasteiger partial charge in [0.05, 0.1) is 5.39 Å². The Morgan fingerprint density at radius 1 is 1.29 bits per heavy atom. The van der Waals surface area contributed by atoms with Crippen molar-refractivity contribution in [1.29, 1.82) is 0 Å². The number of halogens is 1. The summed E-state index contributed by atoms with van der Waals surface area (Å²) in [7, 11) is 0. The fourth-order valence-corrected chi connectivity index (χ4v) is 5.26. The quantitative estimate of drug-likeness (QED) is 0.443. The second kappa shape index (κ2) is 5.01. The Hall–Kier alpha value is -1.98. The van der Waals surface area contributed by atoms with Gasteiger partial charge in [-0.2, -0.15) is 9.61 Å². The Labute approximate surface area is 146 Å². The van der Waals surface area contributed by atoms with E-state index >= 15 is 0 Å². The molecule has 0 saturated heterocycles. The van der Waals surface area contributed by atoms with Gasteiger partial charge in [0.2, 0.25) is 0 Å². The van der Waals surface area contributed by atoms with Crippen LogP contribution in [0.4, 0.5) is 0 Å². The molecule has 0 bridgehead atoms. The maximum Gasteiger partial charge on any atom is 0.283 e. The van der Waals surface area contributed by atoms with E-state index in [1.165, 1.54) is 15.0 Å². The lowest BCUT2D eigenvalue weighted by atomic mass is 9.89. The summed E-state index contributed by atoms with van der Waals surface area (Å²) in [6.45, 7) is 2.26. The van der Waals surface area contributed by atoms with Crippen molar-refractivity contribution >= 4 is 49.6 Å². The molecule has 5 rings (SSSR count). The highest BCUT2D eigenvalue weighted by molar-refractivity contribution is 7.18. The first kappa shape index (κ1) is 14.4. The van der Waals surface area contributed by atoms with Gasteiger partial charge in [0.25, 0.3) is 5.56 Å². The number of rotatable bonds is 0. The topological polar surface area (TPSA) is 47.3 Å². The largest absolute Gasteiger partial charge is 0.283 e. The highest BCUT2D eigenvalue weighted by atomic mass is 35.5. The van der Waals surface area contributed by atoms with Gasteiger partial charge in [-0.05, 0) is 30.7 Å². The predicted molar refractivity (Wildman–Crippen MR) is 98.3 cm³/mol. The SMILES string of the molecule is C[C@@H]1CCc2c(sc3nc4c5ccccc5c(Cl)nn4c(=O)c23)C1. The number of aromatic nitrogens is 3. The van der Waals surface area contributed by atoms with Gasteiger partial charge in [-0.25, -0.2) is 4.98 Å². The van der Waals surface area contributed by atoms with Crippen molar-refractivity contribution in [3.05, 3.63) is 50.2 Å². The molecule has 3 aromatic heterocycles. The molecule has 6 heteroatoms. The summed E-state index contributed by atoms with van der Waals surface area (Å²) in [6.07, 6.45) is 3.10. The van der Waals surface area contributed by atoms with Gasteiger partial charge >= 0.3 is 0 Å². The van der Waals surface area contributed by atoms with Crippen LogP contribution in [0.3, 0.4) is 0 Å². The third-order valence-corrected chi connectivity index (χ3v) is 6.31. The molecule has 0 saturated carbocycles. The molecule has 1 aliphatic rings. The van der Waals surface area contributed by atoms with E-state index in [9.17, 15) is 4.79 Å². The zero-order chi connectivity index (χ0) is 16.4. The Bertz CT molecular complexity index is 1190. The lowest BCUT2D eigenvalue weighted by molar-refractivity contribution is 0.509. The minimum Gasteiger partial charge on any atom is -0.267 e. The minimum absolute atomic E-state index is 0.102. The number of aryl methyl sites for hydroxylation is 1. The molecule has 120 valence electrons. The highest BCUT2D eigenvalue weighted by Crippen LogP contribution is 2.36. The first-order chi connectivity index (χ1) is 11.6. The molecule has 0 radical (unpaired) electrons. The lowest BCUT2D eigenvalue weighted by Crippen LogP contribution is -2.19. The van der Waals surface area contributed by atoms with Crippen LogP contribution in [0.25, 0.3) is 26.6 Å². The summed E-state index contributed by atoms with van der Waals surface area (Å²) in [5.41, 5.74) is 1.65. The molecule has 0 aliphatic heterocycles. The van der Waals surface area contributed by atoms with Crippen LogP contribution >= 0.6 is 22.9 Å². The molecule has 3 heterocycles. The van der Waals surface area contributed by atoms with Crippen LogP contribution in [0, 0.1) is 5.92 Å². The number of hydrogen-bond acceptors (Lipinski definition) is 4. The van der Waals surface area contributed by atoms with Gasteiger partial charge in [0.15, 0.2) is 10.8 Å². The molecule has 0 amide bonds. The molecule has 0 fully saturated rings. The van der Waals surface area contributed by atoms with Crippen molar-refractivity contribution in [3.63, 3.8) is 0 Å². The summed E-state index contributed by atoms with van der Waals surface area (Å²) in [4.78, 5) is 20.0. The predicted octanol–water partition coefficient (Wildman–Crippen LogP) is 4.24. The van der Waals surface area contributed by atoms with E-state index in [1.54, 1.807) is 11.3 Å². The van der Waals surface area contributed by atoms with Gasteiger partial charge in [-0.15, -0.1) is 11.3 Å². The lowest BCUT2D eigenvalue weighted by Gasteiger charge is -2.17. The van der Waals surface area contributed by atoms with Crippen molar-refractivity contribution in [3.8, 4) is 0 Å². The monoisotopic (exact) mass is 355 g/mol. The Morgan fingerprint density at radius 3 is 2.92 bits per heavy atom. The van der Waals surface area contributed by atoms with Crippen molar-refractivity contribution in [2.75, 3.05) is 0 Å². The Kier molecular flexibility index (Phi) is 3.00. The van der Waals surface area contributed by atoms with Crippen LogP contribution in [0.2, 0.25) is 5.15 Å². The van der Waals surface area contributed by atoms with Gasteiger partial charge in [-0.1, -0.05) is 42.8 Å². The summed E-state index contributed by atoms with van der Waals surface area (Å²) >= 11 is 7.96. The van der Waals surface area contributed by atoms with E-state index in [0.717, 1.165) is 40.3 Å². The first-order valence-corrected chi connectivity index (χ1v) is 9.24. The summed E-state index contributed by atoms with van der Waals surface area (Å²) in [6, 6.07) is 7.68. The molecule has 0 N–H and O–H groups in total. The number of nitrogens with zero attached hydrogens (tertiary/aromatic N) is 3. The van der Waals surface area contributed by atoms with Gasteiger partial charge < -0.3 is 0 Å². The van der Waals surface area contributed by atoms with Crippen LogP contribution in [0.15, 0.2) is 29.1 Å². The number of benzene rings is 1. The molecule has 1 aromatic carbocycles. The number of thiophene rings is 1. The molecule has 0 spiro atoms. The smallest absolute Gasteiger partial charge is 0.267 e. The fraction of sp³-hybridized carbons (Fsp3) is 0.278. The molecule has 1 atom stereocenters. The Balaban J connectivity index is 1.98. The van der Waals surface area contributed by atoms with Gasteiger partial charge in [0, 0.05) is 15.6 Å².